The smallest absolute Gasteiger partial charge is 0.248 e. The van der Waals surface area contributed by atoms with Gasteiger partial charge >= 0.3 is 0 Å². The highest BCUT2D eigenvalue weighted by Gasteiger charge is 2.25. The molecular formula is C11H22N2O3. The van der Waals surface area contributed by atoms with Crippen LogP contribution in [0.15, 0.2) is 0 Å². The van der Waals surface area contributed by atoms with Crippen molar-refractivity contribution in [1.82, 2.24) is 9.80 Å². The van der Waals surface area contributed by atoms with Gasteiger partial charge in [0.1, 0.15) is 6.61 Å². The molecule has 1 saturated heterocycles. The number of carbonyl (C=O) groups excluding carboxylic acids is 1. The van der Waals surface area contributed by atoms with Gasteiger partial charge in [0.2, 0.25) is 5.91 Å². The first-order chi connectivity index (χ1) is 7.56. The molecule has 0 bridgehead atoms. The fraction of sp³-hybridized carbons (Fsp3) is 0.909. The van der Waals surface area contributed by atoms with E-state index in [1.165, 1.54) is 7.11 Å². The topological polar surface area (TPSA) is 53.0 Å². The molecule has 16 heavy (non-hydrogen) atoms. The Morgan fingerprint density at radius 3 is 2.31 bits per heavy atom. The van der Waals surface area contributed by atoms with E-state index in [-0.39, 0.29) is 24.7 Å². The highest BCUT2D eigenvalue weighted by Crippen LogP contribution is 2.09. The van der Waals surface area contributed by atoms with Crippen LogP contribution in [0.3, 0.4) is 0 Å². The van der Waals surface area contributed by atoms with E-state index in [2.05, 4.69) is 4.90 Å². The minimum absolute atomic E-state index is 0.0480. The highest BCUT2D eigenvalue weighted by molar-refractivity contribution is 5.77. The maximum atomic E-state index is 11.5. The first-order valence-corrected chi connectivity index (χ1v) is 5.75. The summed E-state index contributed by atoms with van der Waals surface area (Å²) in [6.07, 6.45) is -0.332. The third kappa shape index (κ3) is 3.43. The van der Waals surface area contributed by atoms with E-state index in [9.17, 15) is 9.90 Å². The van der Waals surface area contributed by atoms with Gasteiger partial charge in [0.25, 0.3) is 0 Å². The Morgan fingerprint density at radius 1 is 1.31 bits per heavy atom. The summed E-state index contributed by atoms with van der Waals surface area (Å²) in [4.78, 5) is 15.6. The zero-order chi connectivity index (χ0) is 12.1. The van der Waals surface area contributed by atoms with Crippen molar-refractivity contribution in [3.63, 3.8) is 0 Å². The lowest BCUT2D eigenvalue weighted by Crippen LogP contribution is -2.54. The zero-order valence-corrected chi connectivity index (χ0v) is 10.3. The second-order valence-electron chi connectivity index (χ2n) is 4.33. The Hall–Kier alpha value is -0.650. The van der Waals surface area contributed by atoms with Crippen LogP contribution in [0.2, 0.25) is 0 Å². The zero-order valence-electron chi connectivity index (χ0n) is 10.3. The Kier molecular flexibility index (Phi) is 5.18. The number of methoxy groups -OCH3 is 1. The number of aliphatic hydroxyl groups excluding tert-OH is 1. The van der Waals surface area contributed by atoms with E-state index in [4.69, 9.17) is 4.74 Å². The van der Waals surface area contributed by atoms with Crippen molar-refractivity contribution in [2.24, 2.45) is 0 Å². The summed E-state index contributed by atoms with van der Waals surface area (Å²) in [5.41, 5.74) is 0. The molecule has 1 rings (SSSR count). The fourth-order valence-corrected chi connectivity index (χ4v) is 1.90. The van der Waals surface area contributed by atoms with Gasteiger partial charge < -0.3 is 14.7 Å². The van der Waals surface area contributed by atoms with E-state index in [1.807, 2.05) is 11.8 Å². The Bertz CT molecular complexity index is 225. The van der Waals surface area contributed by atoms with Gasteiger partial charge in [-0.05, 0) is 13.8 Å². The summed E-state index contributed by atoms with van der Waals surface area (Å²) in [5, 5.41) is 9.49. The second-order valence-corrected chi connectivity index (χ2v) is 4.33. The molecule has 0 aromatic carbocycles. The lowest BCUT2D eigenvalue weighted by atomic mass is 10.1. The van der Waals surface area contributed by atoms with Crippen molar-refractivity contribution in [3.8, 4) is 0 Å². The lowest BCUT2D eigenvalue weighted by Gasteiger charge is -2.38. The first-order valence-electron chi connectivity index (χ1n) is 5.75. The van der Waals surface area contributed by atoms with Crippen molar-refractivity contribution in [2.75, 3.05) is 39.9 Å². The number of amides is 1. The molecule has 0 saturated carbocycles. The van der Waals surface area contributed by atoms with Gasteiger partial charge in [-0.1, -0.05) is 0 Å². The van der Waals surface area contributed by atoms with Crippen molar-refractivity contribution in [1.29, 1.82) is 0 Å². The van der Waals surface area contributed by atoms with Gasteiger partial charge in [-0.2, -0.15) is 0 Å². The highest BCUT2D eigenvalue weighted by atomic mass is 16.5. The minimum Gasteiger partial charge on any atom is -0.392 e. The molecule has 1 aliphatic heterocycles. The van der Waals surface area contributed by atoms with E-state index in [0.717, 1.165) is 26.2 Å². The molecular weight excluding hydrogens is 208 g/mol. The Balaban J connectivity index is 2.36. The molecule has 1 aliphatic rings. The van der Waals surface area contributed by atoms with Gasteiger partial charge in [0.15, 0.2) is 0 Å². The maximum Gasteiger partial charge on any atom is 0.248 e. The summed E-state index contributed by atoms with van der Waals surface area (Å²) >= 11 is 0. The van der Waals surface area contributed by atoms with Crippen LogP contribution in [-0.2, 0) is 9.53 Å². The van der Waals surface area contributed by atoms with Crippen LogP contribution in [0, 0.1) is 0 Å². The third-order valence-corrected chi connectivity index (χ3v) is 3.21. The second kappa shape index (κ2) is 6.18. The maximum absolute atomic E-state index is 11.5. The number of hydrogen-bond donors (Lipinski definition) is 1. The van der Waals surface area contributed by atoms with E-state index in [1.54, 1.807) is 6.92 Å². The Labute approximate surface area is 97.0 Å². The summed E-state index contributed by atoms with van der Waals surface area (Å²) in [6, 6.07) is 0.152. The lowest BCUT2D eigenvalue weighted by molar-refractivity contribution is -0.137. The molecule has 0 radical (unpaired) electrons. The number of carbonyl (C=O) groups is 1. The molecule has 0 spiro atoms. The van der Waals surface area contributed by atoms with Crippen LogP contribution in [0.4, 0.5) is 0 Å². The summed E-state index contributed by atoms with van der Waals surface area (Å²) < 4.78 is 4.82. The van der Waals surface area contributed by atoms with Crippen LogP contribution < -0.4 is 0 Å². The molecule has 5 nitrogen and oxygen atoms in total. The van der Waals surface area contributed by atoms with Crippen LogP contribution in [-0.4, -0.2) is 72.9 Å². The predicted octanol–water partition coefficient (Wildman–Crippen LogP) is -0.454. The van der Waals surface area contributed by atoms with Gasteiger partial charge in [-0.15, -0.1) is 0 Å². The number of ether oxygens (including phenoxy) is 1. The molecule has 0 aromatic heterocycles. The van der Waals surface area contributed by atoms with Crippen LogP contribution in [0.25, 0.3) is 0 Å². The van der Waals surface area contributed by atoms with Crippen molar-refractivity contribution in [3.05, 3.63) is 0 Å². The fourth-order valence-electron chi connectivity index (χ4n) is 1.90. The number of piperazine rings is 1. The van der Waals surface area contributed by atoms with E-state index >= 15 is 0 Å². The molecule has 1 fully saturated rings. The van der Waals surface area contributed by atoms with Crippen molar-refractivity contribution in [2.45, 2.75) is 26.0 Å². The van der Waals surface area contributed by atoms with E-state index in [0.29, 0.717) is 0 Å². The molecule has 0 aliphatic carbocycles. The van der Waals surface area contributed by atoms with E-state index < -0.39 is 0 Å². The molecule has 0 aromatic rings. The van der Waals surface area contributed by atoms with Gasteiger partial charge in [-0.25, -0.2) is 0 Å². The summed E-state index contributed by atoms with van der Waals surface area (Å²) in [6.45, 7) is 7.05. The quantitative estimate of drug-likeness (QED) is 0.710. The molecule has 2 atom stereocenters. The van der Waals surface area contributed by atoms with Gasteiger partial charge in [0, 0.05) is 39.3 Å². The average molecular weight is 230 g/mol. The van der Waals surface area contributed by atoms with Gasteiger partial charge in [-0.3, -0.25) is 9.69 Å². The number of aliphatic hydroxyl groups is 1. The first kappa shape index (κ1) is 13.4. The molecule has 1 amide bonds. The Morgan fingerprint density at radius 2 is 1.88 bits per heavy atom. The van der Waals surface area contributed by atoms with Crippen molar-refractivity contribution < 1.29 is 14.6 Å². The normalized spacial score (nSPS) is 21.9. The van der Waals surface area contributed by atoms with Crippen LogP contribution in [0.1, 0.15) is 13.8 Å². The molecule has 1 heterocycles. The predicted molar refractivity (Wildman–Crippen MR) is 61.2 cm³/mol. The molecule has 1 N–H and O–H groups in total. The minimum atomic E-state index is -0.332. The average Bonchev–Trinajstić information content (AvgIpc) is 2.28. The monoisotopic (exact) mass is 230 g/mol. The van der Waals surface area contributed by atoms with Crippen LogP contribution >= 0.6 is 0 Å². The number of rotatable bonds is 4. The third-order valence-electron chi connectivity index (χ3n) is 3.21. The summed E-state index contributed by atoms with van der Waals surface area (Å²) in [7, 11) is 1.53. The molecule has 94 valence electrons. The molecule has 5 heteroatoms. The number of hydrogen-bond acceptors (Lipinski definition) is 4. The standard InChI is InChI=1S/C11H22N2O3/c1-9(10(2)14)12-4-6-13(7-5-12)11(15)8-16-3/h9-10,14H,4-8H2,1-3H3/t9-,10-/m0/s1. The number of nitrogens with zero attached hydrogens (tertiary/aromatic N) is 2. The van der Waals surface area contributed by atoms with Gasteiger partial charge in [0.05, 0.1) is 6.10 Å². The van der Waals surface area contributed by atoms with Crippen molar-refractivity contribution >= 4 is 5.91 Å². The largest absolute Gasteiger partial charge is 0.392 e. The van der Waals surface area contributed by atoms with Crippen LogP contribution in [0.5, 0.6) is 0 Å². The molecule has 0 unspecified atom stereocenters. The SMILES string of the molecule is COCC(=O)N1CCN([C@@H](C)[C@H](C)O)CC1. The summed E-state index contributed by atoms with van der Waals surface area (Å²) in [5.74, 6) is 0.0480.